The number of rotatable bonds is 3. The lowest BCUT2D eigenvalue weighted by Crippen LogP contribution is -2.33. The third kappa shape index (κ3) is 2.54. The first-order chi connectivity index (χ1) is 10.0. The Labute approximate surface area is 125 Å². The molecule has 0 spiro atoms. The zero-order valence-electron chi connectivity index (χ0n) is 12.2. The van der Waals surface area contributed by atoms with Crippen molar-refractivity contribution < 1.29 is 8.42 Å². The maximum absolute atomic E-state index is 12.9. The molecule has 2 aromatic rings. The summed E-state index contributed by atoms with van der Waals surface area (Å²) < 4.78 is 27.3. The first-order valence-electron chi connectivity index (χ1n) is 7.05. The van der Waals surface area contributed by atoms with Crippen molar-refractivity contribution in [2.24, 2.45) is 0 Å². The first kappa shape index (κ1) is 14.4. The van der Waals surface area contributed by atoms with E-state index >= 15 is 0 Å². The summed E-state index contributed by atoms with van der Waals surface area (Å²) in [6, 6.07) is 7.51. The lowest BCUT2D eigenvalue weighted by molar-refractivity contribution is 0.465. The molecule has 0 amide bonds. The van der Waals surface area contributed by atoms with Gasteiger partial charge in [-0.3, -0.25) is 4.98 Å². The molecule has 6 heteroatoms. The molecule has 1 saturated heterocycles. The highest BCUT2D eigenvalue weighted by atomic mass is 32.2. The molecule has 0 radical (unpaired) electrons. The Bertz CT molecular complexity index is 774. The third-order valence-corrected chi connectivity index (χ3v) is 5.88. The van der Waals surface area contributed by atoms with Gasteiger partial charge in [0.25, 0.3) is 0 Å². The number of hydrogen-bond donors (Lipinski definition) is 1. The van der Waals surface area contributed by atoms with Crippen LogP contribution in [0.5, 0.6) is 0 Å². The summed E-state index contributed by atoms with van der Waals surface area (Å²) in [5.41, 5.74) is 1.57. The number of nitrogens with one attached hydrogen (secondary N) is 1. The highest BCUT2D eigenvalue weighted by molar-refractivity contribution is 7.89. The lowest BCUT2D eigenvalue weighted by Gasteiger charge is -2.17. The minimum absolute atomic E-state index is 0.227. The Balaban J connectivity index is 2.07. The number of fused-ring (bicyclic) bond motifs is 1. The van der Waals surface area contributed by atoms with Crippen LogP contribution in [-0.4, -0.2) is 43.9 Å². The standard InChI is InChI=1S/C15H19N3O2S/c1-11-8-12-4-3-5-14(15(12)17-9-11)21(19,20)18-7-6-13(10-18)16-2/h3-5,8-9,13,16H,6-7,10H2,1-2H3. The number of hydrogen-bond acceptors (Lipinski definition) is 4. The summed E-state index contributed by atoms with van der Waals surface area (Å²) in [4.78, 5) is 4.64. The maximum atomic E-state index is 12.9. The number of sulfonamides is 1. The average Bonchev–Trinajstić information content (AvgIpc) is 2.96. The number of benzene rings is 1. The smallest absolute Gasteiger partial charge is 0.245 e. The molecular formula is C15H19N3O2S. The average molecular weight is 305 g/mol. The highest BCUT2D eigenvalue weighted by Gasteiger charge is 2.33. The van der Waals surface area contributed by atoms with E-state index in [1.54, 1.807) is 22.6 Å². The van der Waals surface area contributed by atoms with Gasteiger partial charge in [-0.05, 0) is 38.1 Å². The monoisotopic (exact) mass is 305 g/mol. The van der Waals surface area contributed by atoms with E-state index in [0.29, 0.717) is 23.5 Å². The van der Waals surface area contributed by atoms with Crippen molar-refractivity contribution in [1.82, 2.24) is 14.6 Å². The summed E-state index contributed by atoms with van der Waals surface area (Å²) in [7, 11) is -1.63. The third-order valence-electron chi connectivity index (χ3n) is 3.99. The Hall–Kier alpha value is -1.50. The summed E-state index contributed by atoms with van der Waals surface area (Å²) in [6.07, 6.45) is 2.55. The minimum atomic E-state index is -3.49. The van der Waals surface area contributed by atoms with Gasteiger partial charge in [-0.15, -0.1) is 0 Å². The predicted molar refractivity (Wildman–Crippen MR) is 82.7 cm³/mol. The molecule has 1 aliphatic rings. The quantitative estimate of drug-likeness (QED) is 0.934. The molecule has 1 unspecified atom stereocenters. The maximum Gasteiger partial charge on any atom is 0.245 e. The van der Waals surface area contributed by atoms with Crippen molar-refractivity contribution in [3.8, 4) is 0 Å². The molecule has 0 aliphatic carbocycles. The molecule has 1 fully saturated rings. The van der Waals surface area contributed by atoms with Gasteiger partial charge in [0.05, 0.1) is 5.52 Å². The molecule has 1 N–H and O–H groups in total. The van der Waals surface area contributed by atoms with Gasteiger partial charge < -0.3 is 5.32 Å². The predicted octanol–water partition coefficient (Wildman–Crippen LogP) is 1.53. The van der Waals surface area contributed by atoms with E-state index in [0.717, 1.165) is 17.4 Å². The number of aromatic nitrogens is 1. The van der Waals surface area contributed by atoms with Gasteiger partial charge in [0, 0.05) is 30.7 Å². The topological polar surface area (TPSA) is 62.3 Å². The second kappa shape index (κ2) is 5.36. The number of aryl methyl sites for hydroxylation is 1. The van der Waals surface area contributed by atoms with E-state index in [1.807, 2.05) is 26.1 Å². The van der Waals surface area contributed by atoms with Crippen LogP contribution >= 0.6 is 0 Å². The van der Waals surface area contributed by atoms with Crippen LogP contribution in [0.25, 0.3) is 10.9 Å². The van der Waals surface area contributed by atoms with E-state index in [-0.39, 0.29) is 6.04 Å². The Morgan fingerprint density at radius 1 is 1.38 bits per heavy atom. The molecule has 1 aromatic carbocycles. The molecule has 0 saturated carbocycles. The molecule has 21 heavy (non-hydrogen) atoms. The molecule has 2 heterocycles. The second-order valence-corrected chi connectivity index (χ2v) is 7.38. The first-order valence-corrected chi connectivity index (χ1v) is 8.49. The molecule has 3 rings (SSSR count). The van der Waals surface area contributed by atoms with Crippen LogP contribution in [0.4, 0.5) is 0 Å². The fraction of sp³-hybridized carbons (Fsp3) is 0.400. The van der Waals surface area contributed by atoms with Crippen molar-refractivity contribution >= 4 is 20.9 Å². The van der Waals surface area contributed by atoms with Crippen LogP contribution in [0.3, 0.4) is 0 Å². The zero-order chi connectivity index (χ0) is 15.0. The molecule has 1 atom stereocenters. The summed E-state index contributed by atoms with van der Waals surface area (Å²) in [6.45, 7) is 3.02. The van der Waals surface area contributed by atoms with E-state index in [9.17, 15) is 8.42 Å². The minimum Gasteiger partial charge on any atom is -0.316 e. The largest absolute Gasteiger partial charge is 0.316 e. The van der Waals surface area contributed by atoms with E-state index in [1.165, 1.54) is 0 Å². The lowest BCUT2D eigenvalue weighted by atomic mass is 10.2. The van der Waals surface area contributed by atoms with E-state index in [2.05, 4.69) is 10.3 Å². The number of nitrogens with zero attached hydrogens (tertiary/aromatic N) is 2. The Morgan fingerprint density at radius 2 is 2.19 bits per heavy atom. The Morgan fingerprint density at radius 3 is 2.90 bits per heavy atom. The van der Waals surface area contributed by atoms with Gasteiger partial charge >= 0.3 is 0 Å². The van der Waals surface area contributed by atoms with Gasteiger partial charge in [-0.2, -0.15) is 4.31 Å². The SMILES string of the molecule is CNC1CCN(S(=O)(=O)c2cccc3cc(C)cnc23)C1. The summed E-state index contributed by atoms with van der Waals surface area (Å²) in [5.74, 6) is 0. The van der Waals surface area contributed by atoms with Crippen molar-refractivity contribution in [2.75, 3.05) is 20.1 Å². The molecule has 112 valence electrons. The van der Waals surface area contributed by atoms with Gasteiger partial charge in [0.2, 0.25) is 10.0 Å². The number of pyridine rings is 1. The van der Waals surface area contributed by atoms with Crippen LogP contribution in [0, 0.1) is 6.92 Å². The van der Waals surface area contributed by atoms with Crippen LogP contribution < -0.4 is 5.32 Å². The van der Waals surface area contributed by atoms with E-state index < -0.39 is 10.0 Å². The van der Waals surface area contributed by atoms with Crippen molar-refractivity contribution in [3.05, 3.63) is 36.0 Å². The second-order valence-electron chi connectivity index (χ2n) is 5.48. The van der Waals surface area contributed by atoms with Gasteiger partial charge in [0.15, 0.2) is 0 Å². The number of para-hydroxylation sites is 1. The molecule has 1 aliphatic heterocycles. The fourth-order valence-electron chi connectivity index (χ4n) is 2.77. The zero-order valence-corrected chi connectivity index (χ0v) is 13.0. The van der Waals surface area contributed by atoms with Crippen LogP contribution in [0.1, 0.15) is 12.0 Å². The fourth-order valence-corrected chi connectivity index (χ4v) is 4.44. The summed E-state index contributed by atoms with van der Waals surface area (Å²) in [5, 5.41) is 4.00. The summed E-state index contributed by atoms with van der Waals surface area (Å²) >= 11 is 0. The van der Waals surface area contributed by atoms with Crippen LogP contribution in [0.15, 0.2) is 35.4 Å². The van der Waals surface area contributed by atoms with Crippen molar-refractivity contribution in [1.29, 1.82) is 0 Å². The Kier molecular flexibility index (Phi) is 3.69. The normalized spacial score (nSPS) is 20.2. The van der Waals surface area contributed by atoms with Crippen LogP contribution in [-0.2, 0) is 10.0 Å². The van der Waals surface area contributed by atoms with Crippen molar-refractivity contribution in [3.63, 3.8) is 0 Å². The van der Waals surface area contributed by atoms with Crippen molar-refractivity contribution in [2.45, 2.75) is 24.3 Å². The number of likely N-dealkylation sites (N-methyl/N-ethyl adjacent to an activating group) is 1. The van der Waals surface area contributed by atoms with Gasteiger partial charge in [-0.25, -0.2) is 8.42 Å². The molecule has 1 aromatic heterocycles. The molecular weight excluding hydrogens is 286 g/mol. The molecule has 0 bridgehead atoms. The molecule has 5 nitrogen and oxygen atoms in total. The van der Waals surface area contributed by atoms with E-state index in [4.69, 9.17) is 0 Å². The van der Waals surface area contributed by atoms with Gasteiger partial charge in [0.1, 0.15) is 4.90 Å². The van der Waals surface area contributed by atoms with Crippen LogP contribution in [0.2, 0.25) is 0 Å². The highest BCUT2D eigenvalue weighted by Crippen LogP contribution is 2.27. The van der Waals surface area contributed by atoms with Gasteiger partial charge in [-0.1, -0.05) is 12.1 Å².